The number of benzene rings is 1. The molecule has 1 N–H and O–H groups in total. The van der Waals surface area contributed by atoms with E-state index in [0.29, 0.717) is 12.5 Å². The molecule has 1 amide bonds. The number of pyridine rings is 1. The van der Waals surface area contributed by atoms with Gasteiger partial charge in [-0.1, -0.05) is 30.3 Å². The van der Waals surface area contributed by atoms with Gasteiger partial charge in [-0.05, 0) is 36.5 Å². The summed E-state index contributed by atoms with van der Waals surface area (Å²) >= 11 is 0. The van der Waals surface area contributed by atoms with Gasteiger partial charge in [-0.2, -0.15) is 0 Å². The van der Waals surface area contributed by atoms with Gasteiger partial charge in [0.2, 0.25) is 11.8 Å². The largest absolute Gasteiger partial charge is 0.476 e. The van der Waals surface area contributed by atoms with Crippen LogP contribution in [-0.4, -0.2) is 17.5 Å². The van der Waals surface area contributed by atoms with E-state index >= 15 is 0 Å². The Bertz CT molecular complexity index is 714. The van der Waals surface area contributed by atoms with E-state index in [-0.39, 0.29) is 17.9 Å². The fraction of sp³-hybridized carbons (Fsp3) is 0.333. The number of fused-ring (bicyclic) bond motifs is 2. The summed E-state index contributed by atoms with van der Waals surface area (Å²) in [6.07, 6.45) is 4.90. The molecule has 1 aliphatic heterocycles. The number of carbonyl (C=O) groups is 1. The molecule has 4 rings (SSSR count). The monoisotopic (exact) mass is 294 g/mol. The Morgan fingerprint density at radius 1 is 1.18 bits per heavy atom. The van der Waals surface area contributed by atoms with Crippen LogP contribution in [0.2, 0.25) is 0 Å². The molecule has 4 nitrogen and oxygen atoms in total. The van der Waals surface area contributed by atoms with Crippen LogP contribution < -0.4 is 10.1 Å². The summed E-state index contributed by atoms with van der Waals surface area (Å²) in [5.74, 6) is 0.373. The lowest BCUT2D eigenvalue weighted by atomic mass is 9.87. The molecule has 1 aliphatic carbocycles. The van der Waals surface area contributed by atoms with Crippen molar-refractivity contribution in [2.24, 2.45) is 0 Å². The van der Waals surface area contributed by atoms with Crippen molar-refractivity contribution in [3.05, 3.63) is 59.3 Å². The van der Waals surface area contributed by atoms with Gasteiger partial charge in [0, 0.05) is 11.8 Å². The molecule has 2 aromatic rings. The number of hydrogen-bond acceptors (Lipinski definition) is 3. The standard InChI is InChI=1S/C18H18N2O2/c21-17(15-11-22-18-14(15)8-4-10-19-18)20-16-9-3-6-12-5-1-2-7-13(12)16/h1-2,4-5,7-8,10,15-16H,3,6,9,11H2,(H,20,21)/t15-,16-/m1/s1. The lowest BCUT2D eigenvalue weighted by Crippen LogP contribution is -2.35. The zero-order chi connectivity index (χ0) is 14.9. The Labute approximate surface area is 129 Å². The zero-order valence-corrected chi connectivity index (χ0v) is 12.3. The summed E-state index contributed by atoms with van der Waals surface area (Å²) in [7, 11) is 0. The van der Waals surface area contributed by atoms with Crippen molar-refractivity contribution >= 4 is 5.91 Å². The molecule has 0 radical (unpaired) electrons. The molecular weight excluding hydrogens is 276 g/mol. The molecule has 0 bridgehead atoms. The van der Waals surface area contributed by atoms with E-state index in [4.69, 9.17) is 4.74 Å². The number of nitrogens with one attached hydrogen (secondary N) is 1. The number of rotatable bonds is 2. The zero-order valence-electron chi connectivity index (χ0n) is 12.3. The average molecular weight is 294 g/mol. The van der Waals surface area contributed by atoms with Crippen LogP contribution in [0.5, 0.6) is 5.88 Å². The molecule has 1 aromatic heterocycles. The van der Waals surface area contributed by atoms with Crippen molar-refractivity contribution in [3.8, 4) is 5.88 Å². The highest BCUT2D eigenvalue weighted by molar-refractivity contribution is 5.85. The van der Waals surface area contributed by atoms with Crippen LogP contribution >= 0.6 is 0 Å². The van der Waals surface area contributed by atoms with Crippen LogP contribution in [0.3, 0.4) is 0 Å². The molecule has 2 aliphatic rings. The third-order valence-electron chi connectivity index (χ3n) is 4.57. The van der Waals surface area contributed by atoms with Crippen LogP contribution in [0.25, 0.3) is 0 Å². The van der Waals surface area contributed by atoms with Gasteiger partial charge >= 0.3 is 0 Å². The second kappa shape index (κ2) is 5.44. The van der Waals surface area contributed by atoms with E-state index in [1.807, 2.05) is 18.2 Å². The number of nitrogens with zero attached hydrogens (tertiary/aromatic N) is 1. The van der Waals surface area contributed by atoms with Gasteiger partial charge in [0.15, 0.2) is 0 Å². The molecule has 0 unspecified atom stereocenters. The van der Waals surface area contributed by atoms with Gasteiger partial charge < -0.3 is 10.1 Å². The van der Waals surface area contributed by atoms with E-state index in [9.17, 15) is 4.79 Å². The molecule has 2 atom stereocenters. The van der Waals surface area contributed by atoms with E-state index in [2.05, 4.69) is 28.5 Å². The van der Waals surface area contributed by atoms with E-state index < -0.39 is 0 Å². The fourth-order valence-electron chi connectivity index (χ4n) is 3.43. The van der Waals surface area contributed by atoms with Gasteiger partial charge in [0.1, 0.15) is 12.5 Å². The number of carbonyl (C=O) groups excluding carboxylic acids is 1. The number of amides is 1. The minimum absolute atomic E-state index is 0.0356. The van der Waals surface area contributed by atoms with Crippen molar-refractivity contribution < 1.29 is 9.53 Å². The maximum absolute atomic E-state index is 12.7. The number of aryl methyl sites for hydroxylation is 1. The predicted octanol–water partition coefficient (Wildman–Crippen LogP) is 2.75. The average Bonchev–Trinajstić information content (AvgIpc) is 2.99. The second-order valence-electron chi connectivity index (χ2n) is 5.91. The Morgan fingerprint density at radius 2 is 2.05 bits per heavy atom. The summed E-state index contributed by atoms with van der Waals surface area (Å²) in [6, 6.07) is 12.3. The summed E-state index contributed by atoms with van der Waals surface area (Å²) < 4.78 is 5.52. The molecule has 112 valence electrons. The maximum atomic E-state index is 12.7. The van der Waals surface area contributed by atoms with Crippen molar-refractivity contribution in [2.45, 2.75) is 31.2 Å². The van der Waals surface area contributed by atoms with Crippen LogP contribution in [0.1, 0.15) is 41.5 Å². The Morgan fingerprint density at radius 3 is 3.00 bits per heavy atom. The minimum Gasteiger partial charge on any atom is -0.476 e. The van der Waals surface area contributed by atoms with Gasteiger partial charge in [-0.25, -0.2) is 4.98 Å². The Kier molecular flexibility index (Phi) is 3.29. The molecule has 0 saturated carbocycles. The predicted molar refractivity (Wildman–Crippen MR) is 82.7 cm³/mol. The molecule has 0 fully saturated rings. The molecule has 4 heteroatoms. The number of ether oxygens (including phenoxy) is 1. The van der Waals surface area contributed by atoms with Gasteiger partial charge in [-0.15, -0.1) is 0 Å². The fourth-order valence-corrected chi connectivity index (χ4v) is 3.43. The lowest BCUT2D eigenvalue weighted by molar-refractivity contribution is -0.123. The van der Waals surface area contributed by atoms with Crippen LogP contribution in [0, 0.1) is 0 Å². The van der Waals surface area contributed by atoms with Crippen molar-refractivity contribution in [3.63, 3.8) is 0 Å². The van der Waals surface area contributed by atoms with E-state index in [1.54, 1.807) is 6.20 Å². The third-order valence-corrected chi connectivity index (χ3v) is 4.57. The number of hydrogen-bond donors (Lipinski definition) is 1. The lowest BCUT2D eigenvalue weighted by Gasteiger charge is -2.27. The molecule has 0 saturated heterocycles. The van der Waals surface area contributed by atoms with Crippen LogP contribution in [-0.2, 0) is 11.2 Å². The minimum atomic E-state index is -0.252. The summed E-state index contributed by atoms with van der Waals surface area (Å²) in [5.41, 5.74) is 3.50. The van der Waals surface area contributed by atoms with Gasteiger partial charge in [0.25, 0.3) is 0 Å². The summed E-state index contributed by atoms with van der Waals surface area (Å²) in [4.78, 5) is 16.8. The maximum Gasteiger partial charge on any atom is 0.231 e. The first-order chi connectivity index (χ1) is 10.8. The summed E-state index contributed by atoms with van der Waals surface area (Å²) in [5, 5.41) is 3.21. The molecule has 0 spiro atoms. The van der Waals surface area contributed by atoms with Gasteiger partial charge in [0.05, 0.1) is 6.04 Å². The van der Waals surface area contributed by atoms with Crippen LogP contribution in [0.15, 0.2) is 42.6 Å². The second-order valence-corrected chi connectivity index (χ2v) is 5.91. The van der Waals surface area contributed by atoms with E-state index in [1.165, 1.54) is 11.1 Å². The van der Waals surface area contributed by atoms with Crippen molar-refractivity contribution in [1.82, 2.24) is 10.3 Å². The van der Waals surface area contributed by atoms with Crippen molar-refractivity contribution in [1.29, 1.82) is 0 Å². The quantitative estimate of drug-likeness (QED) is 0.926. The highest BCUT2D eigenvalue weighted by Gasteiger charge is 2.33. The first-order valence-corrected chi connectivity index (χ1v) is 7.79. The first-order valence-electron chi connectivity index (χ1n) is 7.79. The highest BCUT2D eigenvalue weighted by Crippen LogP contribution is 2.34. The normalized spacial score (nSPS) is 22.4. The highest BCUT2D eigenvalue weighted by atomic mass is 16.5. The third kappa shape index (κ3) is 2.25. The first kappa shape index (κ1) is 13.3. The SMILES string of the molecule is O=C(N[C@@H]1CCCc2ccccc21)[C@@H]1COc2ncccc21. The van der Waals surface area contributed by atoms with Crippen molar-refractivity contribution in [2.75, 3.05) is 6.61 Å². The Hall–Kier alpha value is -2.36. The summed E-state index contributed by atoms with van der Waals surface area (Å²) in [6.45, 7) is 0.381. The molecule has 22 heavy (non-hydrogen) atoms. The van der Waals surface area contributed by atoms with Crippen LogP contribution in [0.4, 0.5) is 0 Å². The molecule has 2 heterocycles. The molecule has 1 aromatic carbocycles. The molecular formula is C18H18N2O2. The smallest absolute Gasteiger partial charge is 0.231 e. The Balaban J connectivity index is 1.54. The number of aromatic nitrogens is 1. The van der Waals surface area contributed by atoms with E-state index in [0.717, 1.165) is 24.8 Å². The topological polar surface area (TPSA) is 51.2 Å². The van der Waals surface area contributed by atoms with Gasteiger partial charge in [-0.3, -0.25) is 4.79 Å².